The first kappa shape index (κ1) is 3.27. The third kappa shape index (κ3) is 0.174. The first-order valence-corrected chi connectivity index (χ1v) is 0.757. The van der Waals surface area contributed by atoms with E-state index in [-0.39, 0.29) is 4.85 Å². The predicted octanol–water partition coefficient (Wildman–Crippen LogP) is -0.929. The lowest BCUT2D eigenvalue weighted by Gasteiger charge is -1.80. The van der Waals surface area contributed by atoms with Gasteiger partial charge in [0.05, 0.1) is 0 Å². The van der Waals surface area contributed by atoms with Gasteiger partial charge >= 0.3 is 0 Å². The van der Waals surface area contributed by atoms with E-state index < -0.39 is 0 Å². The molecule has 0 aromatic rings. The molecule has 4 heavy (non-hydrogen) atoms. The number of hydrogen-bond acceptors (Lipinski definition) is 2. The molecule has 0 radical (unpaired) electrons. The first-order valence-electron chi connectivity index (χ1n) is 0.757. The molecule has 0 aromatic carbocycles. The second-order valence-electron chi connectivity index (χ2n) is 0.417. The third-order valence-electron chi connectivity index (χ3n) is 0. The van der Waals surface area contributed by atoms with E-state index in [0.29, 0.717) is 0 Å². The first-order chi connectivity index (χ1) is 1.73. The van der Waals surface area contributed by atoms with Crippen LogP contribution in [0.25, 0.3) is 0 Å². The monoisotopic (exact) mass is 60.0 g/mol. The average Bonchev–Trinajstić information content (AvgIpc) is 0.811. The summed E-state index contributed by atoms with van der Waals surface area (Å²) in [5, 5.41) is 9.03. The van der Waals surface area contributed by atoms with Crippen LogP contribution in [-0.4, -0.2) is 11.6 Å². The Kier molecular flexibility index (Phi) is 0.581. The lowest BCUT2D eigenvalue weighted by atomic mass is 11.7. The quantitative estimate of drug-likeness (QED) is 0.129. The zero-order valence-corrected chi connectivity index (χ0v) is 2.14. The van der Waals surface area contributed by atoms with Gasteiger partial charge in [0.15, 0.2) is 6.72 Å². The molecule has 0 heterocycles. The van der Waals surface area contributed by atoms with Crippen LogP contribution < -0.4 is 5.84 Å². The fourth-order valence-electron chi connectivity index (χ4n) is 0. The zero-order valence-electron chi connectivity index (χ0n) is 2.14. The van der Waals surface area contributed by atoms with Crippen molar-refractivity contribution in [2.75, 3.05) is 0 Å². The fourth-order valence-corrected chi connectivity index (χ4v) is 0. The number of hydrazone groups is 1. The van der Waals surface area contributed by atoms with E-state index in [1.807, 2.05) is 0 Å². The van der Waals surface area contributed by atoms with Gasteiger partial charge in [-0.15, -0.1) is 4.85 Å². The van der Waals surface area contributed by atoms with Crippen LogP contribution in [0.3, 0.4) is 0 Å². The summed E-state index contributed by atoms with van der Waals surface area (Å²) >= 11 is 0. The smallest absolute Gasteiger partial charge is 0.171 e. The van der Waals surface area contributed by atoms with Crippen molar-refractivity contribution in [2.24, 2.45) is 5.84 Å². The molecule has 0 spiro atoms. The van der Waals surface area contributed by atoms with Gasteiger partial charge in [-0.3, -0.25) is 0 Å². The Morgan fingerprint density at radius 1 is 2.00 bits per heavy atom. The Morgan fingerprint density at radius 2 is 2.00 bits per heavy atom. The van der Waals surface area contributed by atoms with Gasteiger partial charge < -0.3 is 5.21 Å². The Morgan fingerprint density at radius 3 is 2.00 bits per heavy atom. The van der Waals surface area contributed by atoms with Gasteiger partial charge in [0.25, 0.3) is 0 Å². The summed E-state index contributed by atoms with van der Waals surface area (Å²) in [6.45, 7) is 2.69. The number of hydrazine groups is 1. The van der Waals surface area contributed by atoms with Crippen LogP contribution >= 0.6 is 0 Å². The van der Waals surface area contributed by atoms with Crippen LogP contribution in [0.2, 0.25) is 0 Å². The van der Waals surface area contributed by atoms with Crippen molar-refractivity contribution in [3.05, 3.63) is 5.21 Å². The maximum absolute atomic E-state index is 9.03. The Balaban J connectivity index is 2.80. The van der Waals surface area contributed by atoms with E-state index >= 15 is 0 Å². The molecule has 2 N–H and O–H groups in total. The molecule has 0 unspecified atom stereocenters. The molecule has 3 heteroatoms. The highest BCUT2D eigenvalue weighted by molar-refractivity contribution is 5.13. The molecule has 3 nitrogen and oxygen atoms in total. The minimum absolute atomic E-state index is 0. The average molecular weight is 60.1 g/mol. The molecule has 0 aliphatic carbocycles. The maximum Gasteiger partial charge on any atom is 0.171 e. The number of nitrogens with two attached hydrogens (primary N) is 1. The Hall–Kier alpha value is -0.730. The van der Waals surface area contributed by atoms with Crippen LogP contribution in [0.5, 0.6) is 0 Å². The lowest BCUT2D eigenvalue weighted by molar-refractivity contribution is -0.459. The number of nitrogens with zero attached hydrogens (tertiary/aromatic N) is 1. The molecule has 0 fully saturated rings. The van der Waals surface area contributed by atoms with Gasteiger partial charge in [-0.25, -0.2) is 0 Å². The summed E-state index contributed by atoms with van der Waals surface area (Å²) < 4.78 is 0. The van der Waals surface area contributed by atoms with E-state index in [4.69, 9.17) is 5.21 Å². The molecule has 0 aliphatic rings. The van der Waals surface area contributed by atoms with Gasteiger partial charge in [0.1, 0.15) is 0 Å². The second kappa shape index (κ2) is 0.711. The number of rotatable bonds is 0. The van der Waals surface area contributed by atoms with Gasteiger partial charge in [-0.2, -0.15) is 5.84 Å². The Bertz CT molecular complexity index is 29.0. The SMILES string of the molecule is C=[N+](N)[O-]. The van der Waals surface area contributed by atoms with Crippen molar-refractivity contribution in [3.8, 4) is 0 Å². The summed E-state index contributed by atoms with van der Waals surface area (Å²) in [7, 11) is 0. The van der Waals surface area contributed by atoms with Crippen LogP contribution in [0.4, 0.5) is 0 Å². The minimum Gasteiger partial charge on any atom is -0.597 e. The van der Waals surface area contributed by atoms with Crippen molar-refractivity contribution in [1.82, 2.24) is 0 Å². The highest BCUT2D eigenvalue weighted by Crippen LogP contribution is 1.25. The highest BCUT2D eigenvalue weighted by atomic mass is 16.5. The molecule has 0 saturated carbocycles. The molecule has 0 bridgehead atoms. The van der Waals surface area contributed by atoms with E-state index in [1.54, 1.807) is 0 Å². The third-order valence-corrected chi connectivity index (χ3v) is 0. The molecule has 24 valence electrons. The molecule has 0 amide bonds. The van der Waals surface area contributed by atoms with E-state index in [9.17, 15) is 0 Å². The summed E-state index contributed by atoms with van der Waals surface area (Å²) in [4.78, 5) is 0. The molecular formula is CH4N2O. The van der Waals surface area contributed by atoms with Crippen molar-refractivity contribution < 1.29 is 4.85 Å². The minimum atomic E-state index is 0. The van der Waals surface area contributed by atoms with Crippen LogP contribution in [0.1, 0.15) is 0 Å². The van der Waals surface area contributed by atoms with Crippen LogP contribution in [0, 0.1) is 5.21 Å². The maximum atomic E-state index is 9.03. The van der Waals surface area contributed by atoms with Gasteiger partial charge in [-0.1, -0.05) is 0 Å². The topological polar surface area (TPSA) is 52.1 Å². The molecule has 0 aromatic heterocycles. The standard InChI is InChI=1S/CH4N2O/c1-3(2)4/h1-2H2. The van der Waals surface area contributed by atoms with Crippen molar-refractivity contribution in [3.63, 3.8) is 0 Å². The summed E-state index contributed by atoms with van der Waals surface area (Å²) in [6.07, 6.45) is 0. The largest absolute Gasteiger partial charge is 0.597 e. The molecule has 0 rings (SSSR count). The molecule has 0 saturated heterocycles. The van der Waals surface area contributed by atoms with Gasteiger partial charge in [0.2, 0.25) is 0 Å². The second-order valence-corrected chi connectivity index (χ2v) is 0.417. The van der Waals surface area contributed by atoms with Crippen LogP contribution in [-0.2, 0) is 0 Å². The summed E-state index contributed by atoms with van der Waals surface area (Å²) in [5.74, 6) is 4.28. The van der Waals surface area contributed by atoms with Crippen molar-refractivity contribution in [1.29, 1.82) is 0 Å². The van der Waals surface area contributed by atoms with Gasteiger partial charge in [-0.05, 0) is 0 Å². The van der Waals surface area contributed by atoms with Gasteiger partial charge in [0, 0.05) is 0 Å². The normalized spacial score (nSPS) is 6.00. The fraction of sp³-hybridized carbons (Fsp3) is 0. The van der Waals surface area contributed by atoms with E-state index in [0.717, 1.165) is 0 Å². The zero-order chi connectivity index (χ0) is 3.58. The molecule has 0 aliphatic heterocycles. The lowest BCUT2D eigenvalue weighted by Crippen LogP contribution is -2.06. The predicted molar refractivity (Wildman–Crippen MR) is 14.9 cm³/mol. The summed E-state index contributed by atoms with van der Waals surface area (Å²) in [5.41, 5.74) is 0. The van der Waals surface area contributed by atoms with E-state index in [2.05, 4.69) is 12.6 Å². The Labute approximate surface area is 23.9 Å². The molecule has 0 atom stereocenters. The van der Waals surface area contributed by atoms with Crippen LogP contribution in [0.15, 0.2) is 0 Å². The summed E-state index contributed by atoms with van der Waals surface area (Å²) in [6, 6.07) is 0. The highest BCUT2D eigenvalue weighted by Gasteiger charge is 1.42. The number of hydrogen-bond donors (Lipinski definition) is 1. The van der Waals surface area contributed by atoms with E-state index in [1.165, 1.54) is 0 Å². The van der Waals surface area contributed by atoms with Crippen molar-refractivity contribution >= 4 is 6.72 Å². The molecular weight excluding hydrogens is 56.0 g/mol. The van der Waals surface area contributed by atoms with Crippen molar-refractivity contribution in [2.45, 2.75) is 0 Å².